The standard InChI is InChI=1S/C11H12BrClO3/c1-15-4-5-16-8-2-3-9(10(13)6-8)11(14)7-12/h2-3,6H,4-5,7H2,1H3. The normalized spacial score (nSPS) is 10.2. The number of ketones is 1. The molecule has 1 rings (SSSR count). The first kappa shape index (κ1) is 13.5. The zero-order chi connectivity index (χ0) is 12.0. The van der Waals surface area contributed by atoms with Crippen molar-refractivity contribution in [1.82, 2.24) is 0 Å². The van der Waals surface area contributed by atoms with Crippen LogP contribution >= 0.6 is 27.5 Å². The number of ether oxygens (including phenoxy) is 2. The molecule has 1 aromatic carbocycles. The Hall–Kier alpha value is -0.580. The number of hydrogen-bond donors (Lipinski definition) is 0. The first-order valence-electron chi connectivity index (χ1n) is 4.69. The molecule has 0 unspecified atom stereocenters. The molecule has 0 aliphatic carbocycles. The summed E-state index contributed by atoms with van der Waals surface area (Å²) in [6, 6.07) is 5.01. The highest BCUT2D eigenvalue weighted by atomic mass is 79.9. The lowest BCUT2D eigenvalue weighted by Gasteiger charge is -2.07. The highest BCUT2D eigenvalue weighted by Crippen LogP contribution is 2.23. The predicted octanol–water partition coefficient (Wildman–Crippen LogP) is 2.94. The lowest BCUT2D eigenvalue weighted by Crippen LogP contribution is -2.05. The molecule has 0 aliphatic heterocycles. The summed E-state index contributed by atoms with van der Waals surface area (Å²) in [7, 11) is 1.61. The zero-order valence-electron chi connectivity index (χ0n) is 8.83. The van der Waals surface area contributed by atoms with Gasteiger partial charge in [0.2, 0.25) is 0 Å². The Bertz CT molecular complexity index is 368. The zero-order valence-corrected chi connectivity index (χ0v) is 11.2. The second-order valence-electron chi connectivity index (χ2n) is 3.04. The Morgan fingerprint density at radius 1 is 1.44 bits per heavy atom. The number of carbonyl (C=O) groups excluding carboxylic acids is 1. The third-order valence-corrected chi connectivity index (χ3v) is 2.74. The number of alkyl halides is 1. The van der Waals surface area contributed by atoms with Gasteiger partial charge in [-0.1, -0.05) is 27.5 Å². The molecule has 0 amide bonds. The van der Waals surface area contributed by atoms with Crippen molar-refractivity contribution < 1.29 is 14.3 Å². The van der Waals surface area contributed by atoms with Crippen LogP contribution in [0, 0.1) is 0 Å². The van der Waals surface area contributed by atoms with Gasteiger partial charge in [-0.05, 0) is 18.2 Å². The molecule has 0 N–H and O–H groups in total. The molecule has 0 bridgehead atoms. The van der Waals surface area contributed by atoms with Crippen molar-refractivity contribution in [2.75, 3.05) is 25.7 Å². The number of benzene rings is 1. The van der Waals surface area contributed by atoms with E-state index in [9.17, 15) is 4.79 Å². The molecule has 0 aromatic heterocycles. The Labute approximate surface area is 108 Å². The summed E-state index contributed by atoms with van der Waals surface area (Å²) in [5.41, 5.74) is 0.498. The molecule has 3 nitrogen and oxygen atoms in total. The smallest absolute Gasteiger partial charge is 0.174 e. The Balaban J connectivity index is 2.71. The number of carbonyl (C=O) groups is 1. The van der Waals surface area contributed by atoms with Crippen LogP contribution in [-0.4, -0.2) is 31.4 Å². The van der Waals surface area contributed by atoms with E-state index in [1.54, 1.807) is 25.3 Å². The van der Waals surface area contributed by atoms with Crippen LogP contribution in [0.15, 0.2) is 18.2 Å². The molecule has 5 heteroatoms. The minimum absolute atomic E-state index is 0.0477. The molecular weight excluding hydrogens is 295 g/mol. The maximum atomic E-state index is 11.4. The Morgan fingerprint density at radius 3 is 2.75 bits per heavy atom. The summed E-state index contributed by atoms with van der Waals surface area (Å²) in [6.07, 6.45) is 0. The fraction of sp³-hybridized carbons (Fsp3) is 0.364. The second kappa shape index (κ2) is 6.89. The van der Waals surface area contributed by atoms with E-state index >= 15 is 0 Å². The van der Waals surface area contributed by atoms with Gasteiger partial charge < -0.3 is 9.47 Å². The Morgan fingerprint density at radius 2 is 2.19 bits per heavy atom. The molecular formula is C11H12BrClO3. The topological polar surface area (TPSA) is 35.5 Å². The van der Waals surface area contributed by atoms with E-state index in [1.807, 2.05) is 0 Å². The van der Waals surface area contributed by atoms with E-state index in [-0.39, 0.29) is 11.1 Å². The maximum Gasteiger partial charge on any atom is 0.174 e. The summed E-state index contributed by atoms with van der Waals surface area (Å²) < 4.78 is 10.2. The lowest BCUT2D eigenvalue weighted by molar-refractivity contribution is 0.102. The van der Waals surface area contributed by atoms with Gasteiger partial charge in [0, 0.05) is 12.7 Å². The number of hydrogen-bond acceptors (Lipinski definition) is 3. The quantitative estimate of drug-likeness (QED) is 0.460. The van der Waals surface area contributed by atoms with Crippen molar-refractivity contribution in [3.63, 3.8) is 0 Å². The van der Waals surface area contributed by atoms with Crippen molar-refractivity contribution in [2.45, 2.75) is 0 Å². The van der Waals surface area contributed by atoms with Crippen molar-refractivity contribution in [3.05, 3.63) is 28.8 Å². The molecule has 1 aromatic rings. The first-order chi connectivity index (χ1) is 7.69. The second-order valence-corrected chi connectivity index (χ2v) is 4.01. The van der Waals surface area contributed by atoms with Crippen LogP contribution in [0.5, 0.6) is 5.75 Å². The van der Waals surface area contributed by atoms with Gasteiger partial charge in [0.1, 0.15) is 12.4 Å². The lowest BCUT2D eigenvalue weighted by atomic mass is 10.1. The monoisotopic (exact) mass is 306 g/mol. The summed E-state index contributed by atoms with van der Waals surface area (Å²) in [6.45, 7) is 0.971. The van der Waals surface area contributed by atoms with Crippen molar-refractivity contribution in [2.24, 2.45) is 0 Å². The average molecular weight is 308 g/mol. The molecule has 0 saturated carbocycles. The van der Waals surface area contributed by atoms with Gasteiger partial charge >= 0.3 is 0 Å². The van der Waals surface area contributed by atoms with Gasteiger partial charge in [0.25, 0.3) is 0 Å². The molecule has 0 radical (unpaired) electrons. The highest BCUT2D eigenvalue weighted by molar-refractivity contribution is 9.09. The number of rotatable bonds is 6. The molecule has 88 valence electrons. The fourth-order valence-electron chi connectivity index (χ4n) is 1.13. The molecule has 0 fully saturated rings. The molecule has 0 saturated heterocycles. The molecule has 0 atom stereocenters. The average Bonchev–Trinajstić information content (AvgIpc) is 2.29. The van der Waals surface area contributed by atoms with Gasteiger partial charge in [-0.2, -0.15) is 0 Å². The van der Waals surface area contributed by atoms with Crippen molar-refractivity contribution in [3.8, 4) is 5.75 Å². The molecule has 16 heavy (non-hydrogen) atoms. The van der Waals surface area contributed by atoms with Gasteiger partial charge in [-0.25, -0.2) is 0 Å². The SMILES string of the molecule is COCCOc1ccc(C(=O)CBr)c(Cl)c1. The summed E-state index contributed by atoms with van der Waals surface area (Å²) in [5.74, 6) is 0.585. The van der Waals surface area contributed by atoms with Crippen LogP contribution in [0.25, 0.3) is 0 Å². The third kappa shape index (κ3) is 3.77. The summed E-state index contributed by atoms with van der Waals surface area (Å²) >= 11 is 9.06. The summed E-state index contributed by atoms with van der Waals surface area (Å²) in [5, 5.41) is 0.663. The molecule has 0 heterocycles. The van der Waals surface area contributed by atoms with Crippen LogP contribution in [0.4, 0.5) is 0 Å². The van der Waals surface area contributed by atoms with E-state index < -0.39 is 0 Å². The van der Waals surface area contributed by atoms with Crippen LogP contribution in [0.3, 0.4) is 0 Å². The van der Waals surface area contributed by atoms with Crippen LogP contribution in [-0.2, 0) is 4.74 Å². The largest absolute Gasteiger partial charge is 0.491 e. The van der Waals surface area contributed by atoms with E-state index in [1.165, 1.54) is 0 Å². The van der Waals surface area contributed by atoms with E-state index in [0.717, 1.165) is 0 Å². The highest BCUT2D eigenvalue weighted by Gasteiger charge is 2.09. The summed E-state index contributed by atoms with van der Waals surface area (Å²) in [4.78, 5) is 11.4. The van der Waals surface area contributed by atoms with Crippen molar-refractivity contribution in [1.29, 1.82) is 0 Å². The van der Waals surface area contributed by atoms with E-state index in [4.69, 9.17) is 21.1 Å². The predicted molar refractivity (Wildman–Crippen MR) is 66.9 cm³/mol. The minimum atomic E-state index is -0.0477. The Kier molecular flexibility index (Phi) is 5.80. The van der Waals surface area contributed by atoms with Crippen LogP contribution in [0.1, 0.15) is 10.4 Å². The third-order valence-electron chi connectivity index (χ3n) is 1.92. The minimum Gasteiger partial charge on any atom is -0.491 e. The first-order valence-corrected chi connectivity index (χ1v) is 6.19. The molecule has 0 aliphatic rings. The number of halogens is 2. The van der Waals surface area contributed by atoms with Crippen molar-refractivity contribution >= 4 is 33.3 Å². The maximum absolute atomic E-state index is 11.4. The van der Waals surface area contributed by atoms with Gasteiger partial charge in [-0.15, -0.1) is 0 Å². The van der Waals surface area contributed by atoms with E-state index in [2.05, 4.69) is 15.9 Å². The number of Topliss-reactive ketones (excluding diaryl/α,β-unsaturated/α-hetero) is 1. The van der Waals surface area contributed by atoms with Gasteiger partial charge in [0.15, 0.2) is 5.78 Å². The number of methoxy groups -OCH3 is 1. The van der Waals surface area contributed by atoms with E-state index in [0.29, 0.717) is 29.5 Å². The van der Waals surface area contributed by atoms with Gasteiger partial charge in [-0.3, -0.25) is 4.79 Å². The molecule has 0 spiro atoms. The van der Waals surface area contributed by atoms with Crippen LogP contribution in [0.2, 0.25) is 5.02 Å². The van der Waals surface area contributed by atoms with Gasteiger partial charge in [0.05, 0.1) is 17.0 Å². The van der Waals surface area contributed by atoms with Crippen LogP contribution < -0.4 is 4.74 Å². The fourth-order valence-corrected chi connectivity index (χ4v) is 1.70.